The summed E-state index contributed by atoms with van der Waals surface area (Å²) in [6, 6.07) is 3.23. The van der Waals surface area contributed by atoms with Crippen molar-refractivity contribution in [2.24, 2.45) is 0 Å². The number of amides is 1. The van der Waals surface area contributed by atoms with Crippen LogP contribution in [0.2, 0.25) is 0 Å². The first-order chi connectivity index (χ1) is 10.3. The van der Waals surface area contributed by atoms with Gasteiger partial charge < -0.3 is 10.6 Å². The van der Waals surface area contributed by atoms with Crippen molar-refractivity contribution in [1.82, 2.24) is 15.3 Å². The van der Waals surface area contributed by atoms with Crippen LogP contribution in [0.25, 0.3) is 10.9 Å². The van der Waals surface area contributed by atoms with E-state index >= 15 is 0 Å². The van der Waals surface area contributed by atoms with Crippen molar-refractivity contribution >= 4 is 22.6 Å². The third kappa shape index (κ3) is 3.80. The number of benzene rings is 1. The number of nitrogens with zero attached hydrogens (tertiary/aromatic N) is 2. The lowest BCUT2D eigenvalue weighted by Crippen LogP contribution is -2.26. The summed E-state index contributed by atoms with van der Waals surface area (Å²) in [5, 5.41) is 5.26. The average Bonchev–Trinajstić information content (AvgIpc) is 2.42. The minimum Gasteiger partial charge on any atom is -0.368 e. The molecule has 9 heteroatoms. The van der Waals surface area contributed by atoms with Gasteiger partial charge >= 0.3 is 6.18 Å². The number of hydrogen-bond donors (Lipinski definition) is 2. The predicted octanol–water partition coefficient (Wildman–Crippen LogP) is 2.34. The van der Waals surface area contributed by atoms with Crippen LogP contribution in [-0.2, 0) is 11.0 Å². The number of alkyl halides is 3. The molecule has 0 bridgehead atoms. The number of rotatable bonds is 4. The Morgan fingerprint density at radius 3 is 2.59 bits per heavy atom. The van der Waals surface area contributed by atoms with Crippen molar-refractivity contribution in [2.45, 2.75) is 13.1 Å². The highest BCUT2D eigenvalue weighted by molar-refractivity contribution is 5.89. The lowest BCUT2D eigenvalue weighted by atomic mass is 10.2. The molecule has 0 unspecified atom stereocenters. The SMILES string of the molecule is CC(=O)NCCNc1nc(C(F)(F)F)nc2ccc(F)cc12. The Bertz CT molecular complexity index is 702. The maximum Gasteiger partial charge on any atom is 0.451 e. The van der Waals surface area contributed by atoms with Gasteiger partial charge in [0.1, 0.15) is 11.6 Å². The maximum absolute atomic E-state index is 13.3. The number of carbonyl (C=O) groups is 1. The molecule has 0 radical (unpaired) electrons. The van der Waals surface area contributed by atoms with Crippen molar-refractivity contribution in [3.8, 4) is 0 Å². The second kappa shape index (κ2) is 6.12. The summed E-state index contributed by atoms with van der Waals surface area (Å²) >= 11 is 0. The van der Waals surface area contributed by atoms with Gasteiger partial charge in [0, 0.05) is 25.4 Å². The van der Waals surface area contributed by atoms with Crippen molar-refractivity contribution in [3.63, 3.8) is 0 Å². The van der Waals surface area contributed by atoms with Crippen LogP contribution in [0.1, 0.15) is 12.7 Å². The molecule has 1 aromatic carbocycles. The van der Waals surface area contributed by atoms with E-state index in [9.17, 15) is 22.4 Å². The zero-order valence-corrected chi connectivity index (χ0v) is 11.5. The largest absolute Gasteiger partial charge is 0.451 e. The zero-order valence-electron chi connectivity index (χ0n) is 11.5. The molecule has 0 fully saturated rings. The standard InChI is InChI=1S/C13H12F4N4O/c1-7(22)18-4-5-19-11-9-6-8(14)2-3-10(9)20-12(21-11)13(15,16)17/h2-3,6H,4-5H2,1H3,(H,18,22)(H,19,20,21). The fraction of sp³-hybridized carbons (Fsp3) is 0.308. The molecule has 0 aliphatic heterocycles. The first-order valence-electron chi connectivity index (χ1n) is 6.30. The molecule has 2 N–H and O–H groups in total. The fourth-order valence-electron chi connectivity index (χ4n) is 1.78. The second-order valence-electron chi connectivity index (χ2n) is 4.46. The summed E-state index contributed by atoms with van der Waals surface area (Å²) in [5.41, 5.74) is -0.0225. The van der Waals surface area contributed by atoms with E-state index in [2.05, 4.69) is 20.6 Å². The Kier molecular flexibility index (Phi) is 4.43. The lowest BCUT2D eigenvalue weighted by molar-refractivity contribution is -0.144. The topological polar surface area (TPSA) is 66.9 Å². The summed E-state index contributed by atoms with van der Waals surface area (Å²) in [4.78, 5) is 17.5. The first-order valence-corrected chi connectivity index (χ1v) is 6.30. The van der Waals surface area contributed by atoms with Gasteiger partial charge in [0.05, 0.1) is 5.52 Å². The Balaban J connectivity index is 2.35. The number of fused-ring (bicyclic) bond motifs is 1. The van der Waals surface area contributed by atoms with E-state index in [4.69, 9.17) is 0 Å². The minimum absolute atomic E-state index is 0.0225. The predicted molar refractivity (Wildman–Crippen MR) is 71.7 cm³/mol. The van der Waals surface area contributed by atoms with Crippen molar-refractivity contribution in [1.29, 1.82) is 0 Å². The van der Waals surface area contributed by atoms with Crippen LogP contribution in [0.5, 0.6) is 0 Å². The summed E-state index contributed by atoms with van der Waals surface area (Å²) in [7, 11) is 0. The van der Waals surface area contributed by atoms with Crippen molar-refractivity contribution in [3.05, 3.63) is 29.8 Å². The van der Waals surface area contributed by atoms with Crippen LogP contribution in [0.4, 0.5) is 23.4 Å². The van der Waals surface area contributed by atoms with E-state index in [-0.39, 0.29) is 35.7 Å². The highest BCUT2D eigenvalue weighted by Crippen LogP contribution is 2.30. The molecule has 1 aromatic heterocycles. The van der Waals surface area contributed by atoms with Crippen LogP contribution in [0, 0.1) is 5.82 Å². The van der Waals surface area contributed by atoms with Gasteiger partial charge in [-0.15, -0.1) is 0 Å². The van der Waals surface area contributed by atoms with Gasteiger partial charge in [-0.3, -0.25) is 4.79 Å². The number of halogens is 4. The Morgan fingerprint density at radius 2 is 1.95 bits per heavy atom. The molecule has 22 heavy (non-hydrogen) atoms. The van der Waals surface area contributed by atoms with E-state index < -0.39 is 17.8 Å². The number of anilines is 1. The van der Waals surface area contributed by atoms with Crippen LogP contribution < -0.4 is 10.6 Å². The summed E-state index contributed by atoms with van der Waals surface area (Å²) in [5.74, 6) is -2.33. The highest BCUT2D eigenvalue weighted by atomic mass is 19.4. The zero-order chi connectivity index (χ0) is 16.3. The van der Waals surface area contributed by atoms with Crippen LogP contribution in [0.3, 0.4) is 0 Å². The monoisotopic (exact) mass is 316 g/mol. The third-order valence-electron chi connectivity index (χ3n) is 2.70. The molecule has 0 aliphatic rings. The Morgan fingerprint density at radius 1 is 1.23 bits per heavy atom. The van der Waals surface area contributed by atoms with Gasteiger partial charge in [0.25, 0.3) is 0 Å². The molecule has 118 valence electrons. The van der Waals surface area contributed by atoms with E-state index in [1.165, 1.54) is 6.92 Å². The van der Waals surface area contributed by atoms with Gasteiger partial charge in [-0.05, 0) is 18.2 Å². The fourth-order valence-corrected chi connectivity index (χ4v) is 1.78. The van der Waals surface area contributed by atoms with E-state index in [0.717, 1.165) is 18.2 Å². The quantitative estimate of drug-likeness (QED) is 0.671. The molecular formula is C13H12F4N4O. The van der Waals surface area contributed by atoms with E-state index in [1.54, 1.807) is 0 Å². The van der Waals surface area contributed by atoms with Crippen LogP contribution >= 0.6 is 0 Å². The normalized spacial score (nSPS) is 11.5. The third-order valence-corrected chi connectivity index (χ3v) is 2.70. The highest BCUT2D eigenvalue weighted by Gasteiger charge is 2.35. The smallest absolute Gasteiger partial charge is 0.368 e. The maximum atomic E-state index is 13.3. The van der Waals surface area contributed by atoms with Crippen LogP contribution in [-0.4, -0.2) is 29.0 Å². The Labute approximate surface area is 122 Å². The molecule has 5 nitrogen and oxygen atoms in total. The van der Waals surface area contributed by atoms with Crippen molar-refractivity contribution < 1.29 is 22.4 Å². The minimum atomic E-state index is -4.71. The first kappa shape index (κ1) is 15.9. The van der Waals surface area contributed by atoms with Crippen LogP contribution in [0.15, 0.2) is 18.2 Å². The molecule has 1 amide bonds. The molecule has 0 atom stereocenters. The summed E-state index contributed by atoms with van der Waals surface area (Å²) < 4.78 is 51.6. The lowest BCUT2D eigenvalue weighted by Gasteiger charge is -2.12. The molecule has 0 aliphatic carbocycles. The molecule has 0 saturated heterocycles. The second-order valence-corrected chi connectivity index (χ2v) is 4.46. The molecule has 1 heterocycles. The molecule has 0 saturated carbocycles. The van der Waals surface area contributed by atoms with Gasteiger partial charge in [-0.1, -0.05) is 0 Å². The van der Waals surface area contributed by atoms with Gasteiger partial charge in [-0.2, -0.15) is 13.2 Å². The number of carbonyl (C=O) groups excluding carboxylic acids is 1. The number of aromatic nitrogens is 2. The van der Waals surface area contributed by atoms with Gasteiger partial charge in [-0.25, -0.2) is 14.4 Å². The Hall–Kier alpha value is -2.45. The number of hydrogen-bond acceptors (Lipinski definition) is 4. The summed E-state index contributed by atoms with van der Waals surface area (Å²) in [6.45, 7) is 1.65. The van der Waals surface area contributed by atoms with E-state index in [0.29, 0.717) is 0 Å². The molecule has 2 rings (SSSR count). The van der Waals surface area contributed by atoms with E-state index in [1.807, 2.05) is 0 Å². The van der Waals surface area contributed by atoms with Gasteiger partial charge in [0.15, 0.2) is 0 Å². The number of nitrogens with one attached hydrogen (secondary N) is 2. The average molecular weight is 316 g/mol. The molecule has 2 aromatic rings. The molecule has 0 spiro atoms. The molecular weight excluding hydrogens is 304 g/mol. The summed E-state index contributed by atoms with van der Waals surface area (Å²) in [6.07, 6.45) is -4.71. The van der Waals surface area contributed by atoms with Gasteiger partial charge in [0.2, 0.25) is 11.7 Å². The van der Waals surface area contributed by atoms with Crippen molar-refractivity contribution in [2.75, 3.05) is 18.4 Å².